The Balaban J connectivity index is 2.53. The third-order valence-electron chi connectivity index (χ3n) is 2.32. The minimum atomic E-state index is -1.46. The van der Waals surface area contributed by atoms with Gasteiger partial charge in [-0.05, 0) is 33.6 Å². The standard InChI is InChI=1S/C11H19NO4/c1-11(2,3)16-10(15)12-6-4-8(5-7-12)9(13)14/h8H,4-7H2,1-3H3,(H,13,14)/i8D. The molecule has 0 saturated carbocycles. The zero-order valence-electron chi connectivity index (χ0n) is 10.9. The molecule has 1 N–H and O–H groups in total. The molecule has 5 nitrogen and oxygen atoms in total. The van der Waals surface area contributed by atoms with Crippen LogP contribution in [0.4, 0.5) is 4.79 Å². The second-order valence-corrected chi connectivity index (χ2v) is 4.88. The van der Waals surface area contributed by atoms with Gasteiger partial charge in [0.15, 0.2) is 0 Å². The molecule has 0 aliphatic carbocycles. The van der Waals surface area contributed by atoms with Crippen molar-refractivity contribution < 1.29 is 20.8 Å². The molecule has 1 amide bonds. The van der Waals surface area contributed by atoms with E-state index >= 15 is 0 Å². The smallest absolute Gasteiger partial charge is 0.410 e. The third-order valence-corrected chi connectivity index (χ3v) is 2.32. The first-order chi connectivity index (χ1) is 7.64. The van der Waals surface area contributed by atoms with Crippen molar-refractivity contribution in [3.63, 3.8) is 0 Å². The molecule has 0 aromatic heterocycles. The van der Waals surface area contributed by atoms with Crippen LogP contribution in [0.3, 0.4) is 0 Å². The Morgan fingerprint density at radius 3 is 2.25 bits per heavy atom. The number of ether oxygens (including phenoxy) is 1. The van der Waals surface area contributed by atoms with E-state index in [1.165, 1.54) is 4.90 Å². The van der Waals surface area contributed by atoms with Gasteiger partial charge in [-0.15, -0.1) is 0 Å². The highest BCUT2D eigenvalue weighted by Crippen LogP contribution is 2.19. The Bertz CT molecular complexity index is 316. The number of hydrogen-bond acceptors (Lipinski definition) is 3. The second-order valence-electron chi connectivity index (χ2n) is 4.88. The van der Waals surface area contributed by atoms with Crippen LogP contribution < -0.4 is 0 Å². The molecule has 0 unspecified atom stereocenters. The molecule has 0 radical (unpaired) electrons. The number of piperidine rings is 1. The summed E-state index contributed by atoms with van der Waals surface area (Å²) in [7, 11) is 0. The summed E-state index contributed by atoms with van der Waals surface area (Å²) in [5, 5.41) is 8.89. The number of aliphatic carboxylic acids is 1. The van der Waals surface area contributed by atoms with Crippen LogP contribution in [-0.4, -0.2) is 40.8 Å². The van der Waals surface area contributed by atoms with Gasteiger partial charge in [0.05, 0.1) is 5.89 Å². The molecule has 92 valence electrons. The molecular weight excluding hydrogens is 210 g/mol. The van der Waals surface area contributed by atoms with Gasteiger partial charge in [-0.3, -0.25) is 4.79 Å². The zero-order chi connectivity index (χ0) is 13.3. The maximum atomic E-state index is 11.7. The highest BCUT2D eigenvalue weighted by molar-refractivity contribution is 5.71. The van der Waals surface area contributed by atoms with Crippen molar-refractivity contribution in [2.45, 2.75) is 39.2 Å². The van der Waals surface area contributed by atoms with E-state index in [4.69, 9.17) is 11.2 Å². The Hall–Kier alpha value is -1.26. The van der Waals surface area contributed by atoms with Crippen molar-refractivity contribution in [1.82, 2.24) is 4.90 Å². The number of hydrogen-bond donors (Lipinski definition) is 1. The number of likely N-dealkylation sites (tertiary alicyclic amines) is 1. The fraction of sp³-hybridized carbons (Fsp3) is 0.818. The summed E-state index contributed by atoms with van der Waals surface area (Å²) >= 11 is 0. The highest BCUT2D eigenvalue weighted by atomic mass is 16.6. The summed E-state index contributed by atoms with van der Waals surface area (Å²) in [6, 6.07) is 0. The molecule has 16 heavy (non-hydrogen) atoms. The van der Waals surface area contributed by atoms with Crippen LogP contribution in [0.15, 0.2) is 0 Å². The van der Waals surface area contributed by atoms with E-state index in [9.17, 15) is 9.59 Å². The van der Waals surface area contributed by atoms with E-state index in [-0.39, 0.29) is 25.9 Å². The maximum Gasteiger partial charge on any atom is 0.410 e. The molecule has 0 aromatic rings. The first-order valence-corrected chi connectivity index (χ1v) is 5.35. The molecule has 0 atom stereocenters. The molecule has 5 heteroatoms. The van der Waals surface area contributed by atoms with Crippen molar-refractivity contribution in [3.8, 4) is 0 Å². The lowest BCUT2D eigenvalue weighted by molar-refractivity contribution is -0.143. The molecular formula is C11H19NO4. The van der Waals surface area contributed by atoms with Gasteiger partial charge in [-0.25, -0.2) is 4.79 Å². The van der Waals surface area contributed by atoms with E-state index in [0.29, 0.717) is 0 Å². The lowest BCUT2D eigenvalue weighted by atomic mass is 9.97. The zero-order valence-corrected chi connectivity index (χ0v) is 9.95. The minimum absolute atomic E-state index is 0.140. The van der Waals surface area contributed by atoms with Crippen LogP contribution in [0, 0.1) is 5.89 Å². The van der Waals surface area contributed by atoms with Crippen LogP contribution in [0.2, 0.25) is 0 Å². The monoisotopic (exact) mass is 230 g/mol. The SMILES string of the molecule is [2H]C1(C(=O)O)CCN(C(=O)OC(C)(C)C)CC1. The lowest BCUT2D eigenvalue weighted by Crippen LogP contribution is -2.42. The minimum Gasteiger partial charge on any atom is -0.481 e. The number of carboxylic acid groups (broad SMARTS) is 1. The molecule has 1 heterocycles. The predicted octanol–water partition coefficient (Wildman–Crippen LogP) is 1.72. The average Bonchev–Trinajstić information content (AvgIpc) is 2.15. The van der Waals surface area contributed by atoms with Crippen LogP contribution in [-0.2, 0) is 9.53 Å². The van der Waals surface area contributed by atoms with Gasteiger partial charge in [0.2, 0.25) is 0 Å². The molecule has 1 aliphatic heterocycles. The van der Waals surface area contributed by atoms with E-state index in [1.807, 2.05) is 0 Å². The van der Waals surface area contributed by atoms with Gasteiger partial charge in [-0.2, -0.15) is 0 Å². The maximum absolute atomic E-state index is 11.7. The third kappa shape index (κ3) is 3.72. The topological polar surface area (TPSA) is 66.8 Å². The van der Waals surface area contributed by atoms with E-state index in [0.717, 1.165) is 0 Å². The quantitative estimate of drug-likeness (QED) is 0.744. The van der Waals surface area contributed by atoms with Crippen molar-refractivity contribution in [1.29, 1.82) is 0 Å². The van der Waals surface area contributed by atoms with Gasteiger partial charge >= 0.3 is 12.1 Å². The van der Waals surface area contributed by atoms with Crippen molar-refractivity contribution in [2.24, 2.45) is 5.89 Å². The Morgan fingerprint density at radius 1 is 1.38 bits per heavy atom. The molecule has 1 fully saturated rings. The molecule has 0 spiro atoms. The van der Waals surface area contributed by atoms with Crippen LogP contribution in [0.5, 0.6) is 0 Å². The largest absolute Gasteiger partial charge is 0.481 e. The first-order valence-electron chi connectivity index (χ1n) is 5.85. The van der Waals surface area contributed by atoms with Gasteiger partial charge in [-0.1, -0.05) is 0 Å². The highest BCUT2D eigenvalue weighted by Gasteiger charge is 2.29. The van der Waals surface area contributed by atoms with Gasteiger partial charge in [0, 0.05) is 14.5 Å². The summed E-state index contributed by atoms with van der Waals surface area (Å²) in [5.74, 6) is -2.58. The number of carboxylic acids is 1. The molecule has 1 aliphatic rings. The van der Waals surface area contributed by atoms with Crippen LogP contribution in [0.25, 0.3) is 0 Å². The number of carbonyl (C=O) groups excluding carboxylic acids is 1. The fourth-order valence-corrected chi connectivity index (χ4v) is 1.50. The van der Waals surface area contributed by atoms with Gasteiger partial charge < -0.3 is 14.7 Å². The molecule has 0 bridgehead atoms. The van der Waals surface area contributed by atoms with Crippen molar-refractivity contribution >= 4 is 12.1 Å². The van der Waals surface area contributed by atoms with E-state index in [2.05, 4.69) is 0 Å². The van der Waals surface area contributed by atoms with Gasteiger partial charge in [0.25, 0.3) is 0 Å². The van der Waals surface area contributed by atoms with E-state index in [1.54, 1.807) is 20.8 Å². The molecule has 1 rings (SSSR count). The number of rotatable bonds is 1. The summed E-state index contributed by atoms with van der Waals surface area (Å²) < 4.78 is 12.9. The number of nitrogens with zero attached hydrogens (tertiary/aromatic N) is 1. The summed E-state index contributed by atoms with van der Waals surface area (Å²) in [5.41, 5.74) is -0.556. The van der Waals surface area contributed by atoms with Crippen LogP contribution >= 0.6 is 0 Å². The Labute approximate surface area is 96.8 Å². The summed E-state index contributed by atoms with van der Waals surface area (Å²) in [4.78, 5) is 24.0. The van der Waals surface area contributed by atoms with Gasteiger partial charge in [0.1, 0.15) is 5.60 Å². The van der Waals surface area contributed by atoms with Crippen molar-refractivity contribution in [2.75, 3.05) is 13.1 Å². The predicted molar refractivity (Wildman–Crippen MR) is 58.2 cm³/mol. The Kier molecular flexibility index (Phi) is 3.31. The molecule has 1 saturated heterocycles. The number of carbonyl (C=O) groups is 2. The van der Waals surface area contributed by atoms with Crippen LogP contribution in [0.1, 0.15) is 35.0 Å². The normalized spacial score (nSPS) is 21.2. The average molecular weight is 230 g/mol. The molecule has 0 aromatic carbocycles. The van der Waals surface area contributed by atoms with E-state index < -0.39 is 23.6 Å². The summed E-state index contributed by atoms with van der Waals surface area (Å²) in [6.07, 6.45) is -0.159. The Morgan fingerprint density at radius 2 is 1.88 bits per heavy atom. The fourth-order valence-electron chi connectivity index (χ4n) is 1.50. The second kappa shape index (κ2) is 4.72. The summed E-state index contributed by atoms with van der Waals surface area (Å²) in [6.45, 7) is 5.85. The number of amides is 1. The van der Waals surface area contributed by atoms with Crippen molar-refractivity contribution in [3.05, 3.63) is 0 Å². The lowest BCUT2D eigenvalue weighted by Gasteiger charge is -2.32. The first kappa shape index (κ1) is 11.2.